The summed E-state index contributed by atoms with van der Waals surface area (Å²) in [6.07, 6.45) is 7.98. The van der Waals surface area contributed by atoms with Crippen molar-refractivity contribution in [3.8, 4) is 0 Å². The highest BCUT2D eigenvalue weighted by atomic mass is 13.9. The molecule has 0 fully saturated rings. The Balaban J connectivity index is 2.71. The van der Waals surface area contributed by atoms with Crippen molar-refractivity contribution in [3.05, 3.63) is 45.8 Å². The summed E-state index contributed by atoms with van der Waals surface area (Å²) in [6, 6.07) is 6.45. The van der Waals surface area contributed by atoms with Crippen LogP contribution in [0.15, 0.2) is 29.8 Å². The Morgan fingerprint density at radius 3 is 2.75 bits per heavy atom. The van der Waals surface area contributed by atoms with Crippen molar-refractivity contribution >= 4 is 12.7 Å². The Labute approximate surface area is 99.0 Å². The molecule has 0 bridgehead atoms. The fourth-order valence-electron chi connectivity index (χ4n) is 1.84. The van der Waals surface area contributed by atoms with Crippen LogP contribution in [0.4, 0.5) is 0 Å². The number of hydrogen-bond donors (Lipinski definition) is 0. The van der Waals surface area contributed by atoms with Crippen LogP contribution in [0.25, 0.3) is 12.7 Å². The Morgan fingerprint density at radius 2 is 2.12 bits per heavy atom. The molecule has 0 unspecified atom stereocenters. The van der Waals surface area contributed by atoms with Crippen molar-refractivity contribution in [3.63, 3.8) is 0 Å². The summed E-state index contributed by atoms with van der Waals surface area (Å²) in [4.78, 5) is 0. The lowest BCUT2D eigenvalue weighted by Gasteiger charge is -1.97. The summed E-state index contributed by atoms with van der Waals surface area (Å²) in [5, 5.41) is 2.41. The second kappa shape index (κ2) is 6.32. The average Bonchev–Trinajstić information content (AvgIpc) is 2.22. The highest BCUT2D eigenvalue weighted by Crippen LogP contribution is 2.04. The molecule has 0 nitrogen and oxygen atoms in total. The number of benzene rings is 1. The summed E-state index contributed by atoms with van der Waals surface area (Å²) in [6.45, 7) is 10.6. The van der Waals surface area contributed by atoms with E-state index in [4.69, 9.17) is 0 Å². The zero-order valence-corrected chi connectivity index (χ0v) is 10.7. The van der Waals surface area contributed by atoms with Crippen LogP contribution in [0.5, 0.6) is 0 Å². The zero-order chi connectivity index (χ0) is 12.0. The predicted molar refractivity (Wildman–Crippen MR) is 73.7 cm³/mol. The van der Waals surface area contributed by atoms with E-state index in [0.29, 0.717) is 0 Å². The first-order chi connectivity index (χ1) is 7.63. The highest BCUT2D eigenvalue weighted by Gasteiger charge is 1.88. The van der Waals surface area contributed by atoms with Gasteiger partial charge in [0.1, 0.15) is 0 Å². The molecule has 86 valence electrons. The molecule has 1 aromatic carbocycles. The van der Waals surface area contributed by atoms with Crippen molar-refractivity contribution in [2.45, 2.75) is 40.0 Å². The van der Waals surface area contributed by atoms with Gasteiger partial charge in [0.2, 0.25) is 0 Å². The van der Waals surface area contributed by atoms with Crippen molar-refractivity contribution < 1.29 is 0 Å². The maximum atomic E-state index is 4.07. The summed E-state index contributed by atoms with van der Waals surface area (Å²) in [7, 11) is 0. The minimum atomic E-state index is 1.11. The molecular weight excluding hydrogens is 192 g/mol. The summed E-state index contributed by atoms with van der Waals surface area (Å²) < 4.78 is 0. The zero-order valence-electron chi connectivity index (χ0n) is 10.7. The van der Waals surface area contributed by atoms with E-state index in [0.717, 1.165) is 24.5 Å². The van der Waals surface area contributed by atoms with Gasteiger partial charge in [0.25, 0.3) is 0 Å². The Bertz CT molecular complexity index is 463. The van der Waals surface area contributed by atoms with Gasteiger partial charge in [-0.15, -0.1) is 0 Å². The van der Waals surface area contributed by atoms with Gasteiger partial charge >= 0.3 is 0 Å². The van der Waals surface area contributed by atoms with Crippen LogP contribution in [0.3, 0.4) is 0 Å². The molecule has 0 heteroatoms. The molecule has 0 saturated heterocycles. The second-order valence-electron chi connectivity index (χ2n) is 4.40. The van der Waals surface area contributed by atoms with Crippen LogP contribution in [0.1, 0.15) is 38.7 Å². The molecule has 0 saturated carbocycles. The molecule has 0 heterocycles. The number of aryl methyl sites for hydroxylation is 1. The van der Waals surface area contributed by atoms with Crippen LogP contribution < -0.4 is 10.4 Å². The quantitative estimate of drug-likeness (QED) is 0.674. The van der Waals surface area contributed by atoms with E-state index in [-0.39, 0.29) is 0 Å². The fraction of sp³-hybridized carbons (Fsp3) is 0.375. The number of allylic oxidation sites excluding steroid dienone is 2. The van der Waals surface area contributed by atoms with Crippen molar-refractivity contribution in [2.75, 3.05) is 0 Å². The number of rotatable bonds is 4. The van der Waals surface area contributed by atoms with Crippen LogP contribution >= 0.6 is 0 Å². The molecule has 0 N–H and O–H groups in total. The van der Waals surface area contributed by atoms with Crippen molar-refractivity contribution in [2.24, 2.45) is 0 Å². The van der Waals surface area contributed by atoms with Gasteiger partial charge in [-0.25, -0.2) is 0 Å². The monoisotopic (exact) mass is 214 g/mol. The molecule has 0 aromatic heterocycles. The molecule has 0 spiro atoms. The first-order valence-corrected chi connectivity index (χ1v) is 6.05. The van der Waals surface area contributed by atoms with E-state index in [9.17, 15) is 0 Å². The number of hydrogen-bond acceptors (Lipinski definition) is 0. The standard InChI is InChI=1S/C16H22/c1-5-7-13(2)8-6-9-16-11-10-14(3)12-15(16)4/h7,9-12H,4-6,8H2,1-3H3. The van der Waals surface area contributed by atoms with Crippen LogP contribution in [0.2, 0.25) is 0 Å². The third kappa shape index (κ3) is 4.06. The molecule has 0 radical (unpaired) electrons. The third-order valence-electron chi connectivity index (χ3n) is 2.75. The fourth-order valence-corrected chi connectivity index (χ4v) is 1.84. The van der Waals surface area contributed by atoms with Crippen LogP contribution in [0, 0.1) is 6.92 Å². The molecule has 1 rings (SSSR count). The lowest BCUT2D eigenvalue weighted by Crippen LogP contribution is -2.22. The van der Waals surface area contributed by atoms with Gasteiger partial charge in [0.15, 0.2) is 0 Å². The van der Waals surface area contributed by atoms with E-state index in [1.807, 2.05) is 0 Å². The Hall–Kier alpha value is -1.30. The van der Waals surface area contributed by atoms with Crippen molar-refractivity contribution in [1.82, 2.24) is 0 Å². The molecule has 0 aliphatic carbocycles. The molecule has 0 amide bonds. The van der Waals surface area contributed by atoms with E-state index in [1.54, 1.807) is 0 Å². The topological polar surface area (TPSA) is 0 Å². The normalized spacial score (nSPS) is 13.2. The molecule has 0 aliphatic heterocycles. The van der Waals surface area contributed by atoms with E-state index < -0.39 is 0 Å². The minimum Gasteiger partial charge on any atom is -0.0912 e. The van der Waals surface area contributed by atoms with E-state index >= 15 is 0 Å². The van der Waals surface area contributed by atoms with Gasteiger partial charge in [-0.1, -0.05) is 55.0 Å². The maximum absolute atomic E-state index is 4.07. The lowest BCUT2D eigenvalue weighted by molar-refractivity contribution is 0.988. The van der Waals surface area contributed by atoms with Crippen LogP contribution in [-0.2, 0) is 0 Å². The summed E-state index contributed by atoms with van der Waals surface area (Å²) in [5.41, 5.74) is 2.76. The van der Waals surface area contributed by atoms with Gasteiger partial charge in [-0.05, 0) is 43.5 Å². The molecule has 0 atom stereocenters. The first kappa shape index (κ1) is 12.8. The third-order valence-corrected chi connectivity index (χ3v) is 2.75. The molecular formula is C16H22. The summed E-state index contributed by atoms with van der Waals surface area (Å²) in [5.74, 6) is 0. The van der Waals surface area contributed by atoms with Gasteiger partial charge in [0.05, 0.1) is 0 Å². The van der Waals surface area contributed by atoms with Gasteiger partial charge < -0.3 is 0 Å². The Morgan fingerprint density at radius 1 is 1.38 bits per heavy atom. The van der Waals surface area contributed by atoms with Crippen LogP contribution in [-0.4, -0.2) is 0 Å². The van der Waals surface area contributed by atoms with Crippen molar-refractivity contribution in [1.29, 1.82) is 0 Å². The Kier molecular flexibility index (Phi) is 5.04. The highest BCUT2D eigenvalue weighted by molar-refractivity contribution is 5.29. The molecule has 0 aliphatic rings. The predicted octanol–water partition coefficient (Wildman–Crippen LogP) is 3.32. The van der Waals surface area contributed by atoms with Gasteiger partial charge in [0, 0.05) is 0 Å². The maximum Gasteiger partial charge on any atom is -0.0230 e. The van der Waals surface area contributed by atoms with E-state index in [1.165, 1.54) is 16.4 Å². The smallest absolute Gasteiger partial charge is 0.0230 e. The molecule has 1 aromatic rings. The first-order valence-electron chi connectivity index (χ1n) is 6.05. The van der Waals surface area contributed by atoms with E-state index in [2.05, 4.69) is 57.7 Å². The largest absolute Gasteiger partial charge is 0.0912 e. The SMILES string of the molecule is C=c1cc(C)ccc1=CCCC(C)=CCC. The summed E-state index contributed by atoms with van der Waals surface area (Å²) >= 11 is 0. The minimum absolute atomic E-state index is 1.11. The molecule has 16 heavy (non-hydrogen) atoms. The second-order valence-corrected chi connectivity index (χ2v) is 4.40. The van der Waals surface area contributed by atoms with Gasteiger partial charge in [-0.3, -0.25) is 0 Å². The lowest BCUT2D eigenvalue weighted by atomic mass is 10.1. The van der Waals surface area contributed by atoms with Gasteiger partial charge in [-0.2, -0.15) is 0 Å². The average molecular weight is 214 g/mol.